The topological polar surface area (TPSA) is 20.2 Å². The lowest BCUT2D eigenvalue weighted by molar-refractivity contribution is 0.113. The largest absolute Gasteiger partial charge is 0.342 e. The maximum Gasteiger partial charge on any atom is 0.129 e. The lowest BCUT2D eigenvalue weighted by Crippen LogP contribution is -2.51. The van der Waals surface area contributed by atoms with E-state index in [1.54, 1.807) is 12.1 Å². The van der Waals surface area contributed by atoms with E-state index in [1.807, 2.05) is 0 Å². The summed E-state index contributed by atoms with van der Waals surface area (Å²) in [7, 11) is 0. The molecule has 1 fully saturated rings. The summed E-state index contributed by atoms with van der Waals surface area (Å²) in [5, 5.41) is 3.93. The lowest BCUT2D eigenvalue weighted by atomic mass is 9.94. The predicted molar refractivity (Wildman–Crippen MR) is 85.4 cm³/mol. The highest BCUT2D eigenvalue weighted by atomic mass is 35.5. The summed E-state index contributed by atoms with van der Waals surface area (Å²) in [6.45, 7) is 4.45. The molecule has 2 aliphatic rings. The minimum absolute atomic E-state index is 0.111. The molecule has 0 bridgehead atoms. The second-order valence-electron chi connectivity index (χ2n) is 6.40. The van der Waals surface area contributed by atoms with Gasteiger partial charge in [0.15, 0.2) is 0 Å². The molecule has 5 heteroatoms. The minimum atomic E-state index is -0.216. The average molecular weight is 320 g/mol. The normalized spacial score (nSPS) is 24.8. The molecule has 4 rings (SSSR count). The average Bonchev–Trinajstić information content (AvgIpc) is 3.12. The number of nitrogens with zero attached hydrogens (tertiary/aromatic N) is 2. The minimum Gasteiger partial charge on any atom is -0.342 e. The maximum absolute atomic E-state index is 14.1. The number of fused-ring (bicyclic) bond motifs is 2. The van der Waals surface area contributed by atoms with E-state index in [0.29, 0.717) is 17.1 Å². The zero-order valence-electron chi connectivity index (χ0n) is 12.4. The van der Waals surface area contributed by atoms with E-state index in [-0.39, 0.29) is 11.4 Å². The zero-order chi connectivity index (χ0) is 15.2. The Balaban J connectivity index is 1.62. The van der Waals surface area contributed by atoms with Crippen molar-refractivity contribution >= 4 is 11.6 Å². The van der Waals surface area contributed by atoms with Crippen molar-refractivity contribution in [3.8, 4) is 0 Å². The Hall–Kier alpha value is -1.36. The molecule has 22 heavy (non-hydrogen) atoms. The molecule has 1 saturated heterocycles. The predicted octanol–water partition coefficient (Wildman–Crippen LogP) is 2.99. The standard InChI is InChI=1S/C17H19ClFN3/c18-14-4-3-13(16(19)8-14)9-21-10-15-2-1-7-22(15)17(12-21)5-6-20-11-17/h1-4,7-8,20H,5-6,9-12H2. The van der Waals surface area contributed by atoms with Crippen LogP contribution in [0.2, 0.25) is 5.02 Å². The van der Waals surface area contributed by atoms with Gasteiger partial charge in [-0.2, -0.15) is 0 Å². The van der Waals surface area contributed by atoms with Gasteiger partial charge in [0, 0.05) is 48.7 Å². The fraction of sp³-hybridized carbons (Fsp3) is 0.412. The summed E-state index contributed by atoms with van der Waals surface area (Å²) < 4.78 is 16.5. The van der Waals surface area contributed by atoms with Crippen molar-refractivity contribution in [3.63, 3.8) is 0 Å². The van der Waals surface area contributed by atoms with E-state index in [2.05, 4.69) is 33.1 Å². The highest BCUT2D eigenvalue weighted by molar-refractivity contribution is 6.30. The van der Waals surface area contributed by atoms with Gasteiger partial charge in [-0.25, -0.2) is 4.39 Å². The van der Waals surface area contributed by atoms with Crippen LogP contribution in [0.4, 0.5) is 4.39 Å². The van der Waals surface area contributed by atoms with Crippen molar-refractivity contribution in [3.05, 3.63) is 58.6 Å². The molecular weight excluding hydrogens is 301 g/mol. The van der Waals surface area contributed by atoms with Crippen molar-refractivity contribution in [1.82, 2.24) is 14.8 Å². The molecule has 1 aromatic carbocycles. The van der Waals surface area contributed by atoms with Gasteiger partial charge in [-0.1, -0.05) is 17.7 Å². The van der Waals surface area contributed by atoms with Crippen LogP contribution in [0.1, 0.15) is 17.7 Å². The number of hydrogen-bond acceptors (Lipinski definition) is 2. The van der Waals surface area contributed by atoms with Gasteiger partial charge in [-0.05, 0) is 37.2 Å². The van der Waals surface area contributed by atoms with Gasteiger partial charge in [-0.3, -0.25) is 4.90 Å². The Morgan fingerprint density at radius 3 is 3.00 bits per heavy atom. The van der Waals surface area contributed by atoms with E-state index >= 15 is 0 Å². The van der Waals surface area contributed by atoms with Gasteiger partial charge < -0.3 is 9.88 Å². The molecule has 1 spiro atoms. The van der Waals surface area contributed by atoms with Crippen LogP contribution in [0, 0.1) is 5.82 Å². The van der Waals surface area contributed by atoms with Crippen LogP contribution in [-0.2, 0) is 18.6 Å². The Morgan fingerprint density at radius 1 is 1.32 bits per heavy atom. The lowest BCUT2D eigenvalue weighted by Gasteiger charge is -2.42. The van der Waals surface area contributed by atoms with Crippen LogP contribution in [0.3, 0.4) is 0 Å². The molecule has 0 radical (unpaired) electrons. The van der Waals surface area contributed by atoms with Crippen molar-refractivity contribution in [1.29, 1.82) is 0 Å². The molecule has 0 saturated carbocycles. The third kappa shape index (κ3) is 2.35. The number of halogens is 2. The maximum atomic E-state index is 14.1. The summed E-state index contributed by atoms with van der Waals surface area (Å²) in [5.74, 6) is -0.216. The molecule has 3 heterocycles. The molecule has 1 unspecified atom stereocenters. The van der Waals surface area contributed by atoms with E-state index < -0.39 is 0 Å². The Labute approximate surface area is 134 Å². The number of nitrogens with one attached hydrogen (secondary N) is 1. The van der Waals surface area contributed by atoms with Crippen LogP contribution >= 0.6 is 11.6 Å². The third-order valence-corrected chi connectivity index (χ3v) is 5.11. The third-order valence-electron chi connectivity index (χ3n) is 4.88. The van der Waals surface area contributed by atoms with Gasteiger partial charge >= 0.3 is 0 Å². The van der Waals surface area contributed by atoms with Gasteiger partial charge in [0.05, 0.1) is 5.54 Å². The van der Waals surface area contributed by atoms with Crippen LogP contribution in [0.15, 0.2) is 36.5 Å². The molecule has 2 aliphatic heterocycles. The molecule has 2 aromatic rings. The molecule has 3 nitrogen and oxygen atoms in total. The first kappa shape index (κ1) is 14.2. The highest BCUT2D eigenvalue weighted by Crippen LogP contribution is 2.33. The first-order valence-electron chi connectivity index (χ1n) is 7.70. The molecule has 1 aromatic heterocycles. The van der Waals surface area contributed by atoms with E-state index in [1.165, 1.54) is 11.8 Å². The second-order valence-corrected chi connectivity index (χ2v) is 6.84. The quantitative estimate of drug-likeness (QED) is 0.918. The Kier molecular flexibility index (Phi) is 3.48. The van der Waals surface area contributed by atoms with Gasteiger partial charge in [0.2, 0.25) is 0 Å². The fourth-order valence-electron chi connectivity index (χ4n) is 3.86. The van der Waals surface area contributed by atoms with Crippen LogP contribution in [0.5, 0.6) is 0 Å². The van der Waals surface area contributed by atoms with Crippen molar-refractivity contribution in [2.75, 3.05) is 19.6 Å². The molecule has 0 amide bonds. The summed E-state index contributed by atoms with van der Waals surface area (Å²) >= 11 is 5.85. The first-order valence-corrected chi connectivity index (χ1v) is 8.08. The molecule has 0 aliphatic carbocycles. The van der Waals surface area contributed by atoms with Crippen molar-refractivity contribution < 1.29 is 4.39 Å². The van der Waals surface area contributed by atoms with Crippen molar-refractivity contribution in [2.45, 2.75) is 25.0 Å². The number of rotatable bonds is 2. The van der Waals surface area contributed by atoms with Crippen molar-refractivity contribution in [2.24, 2.45) is 0 Å². The summed E-state index contributed by atoms with van der Waals surface area (Å²) in [5.41, 5.74) is 2.13. The number of benzene rings is 1. The first-order chi connectivity index (χ1) is 10.7. The highest BCUT2D eigenvalue weighted by Gasteiger charge is 2.41. The second kappa shape index (κ2) is 5.37. The summed E-state index contributed by atoms with van der Waals surface area (Å²) in [4.78, 5) is 2.34. The van der Waals surface area contributed by atoms with Crippen LogP contribution in [-0.4, -0.2) is 29.1 Å². The molecule has 1 N–H and O–H groups in total. The summed E-state index contributed by atoms with van der Waals surface area (Å²) in [6.07, 6.45) is 3.30. The smallest absolute Gasteiger partial charge is 0.129 e. The number of hydrogen-bond donors (Lipinski definition) is 1. The van der Waals surface area contributed by atoms with Gasteiger partial charge in [0.25, 0.3) is 0 Å². The molecule has 1 atom stereocenters. The molecular formula is C17H19ClFN3. The zero-order valence-corrected chi connectivity index (χ0v) is 13.1. The SMILES string of the molecule is Fc1cc(Cl)ccc1CN1Cc2cccn2C2(CCNC2)C1. The Bertz CT molecular complexity index is 691. The van der Waals surface area contributed by atoms with E-state index in [4.69, 9.17) is 11.6 Å². The molecule has 116 valence electrons. The van der Waals surface area contributed by atoms with Crippen LogP contribution in [0.25, 0.3) is 0 Å². The van der Waals surface area contributed by atoms with Gasteiger partial charge in [0.1, 0.15) is 5.82 Å². The summed E-state index contributed by atoms with van der Waals surface area (Å²) in [6, 6.07) is 9.24. The number of aromatic nitrogens is 1. The van der Waals surface area contributed by atoms with E-state index in [0.717, 1.165) is 32.6 Å². The monoisotopic (exact) mass is 319 g/mol. The van der Waals surface area contributed by atoms with Gasteiger partial charge in [-0.15, -0.1) is 0 Å². The Morgan fingerprint density at radius 2 is 2.23 bits per heavy atom. The fourth-order valence-corrected chi connectivity index (χ4v) is 4.02. The van der Waals surface area contributed by atoms with Crippen LogP contribution < -0.4 is 5.32 Å². The van der Waals surface area contributed by atoms with E-state index in [9.17, 15) is 4.39 Å².